The largest absolute Gasteiger partial charge is 0.465 e. The Morgan fingerprint density at radius 1 is 1.29 bits per heavy atom. The van der Waals surface area contributed by atoms with Gasteiger partial charge in [-0.05, 0) is 49.4 Å². The zero-order chi connectivity index (χ0) is 19.7. The van der Waals surface area contributed by atoms with Gasteiger partial charge >= 0.3 is 5.97 Å². The van der Waals surface area contributed by atoms with E-state index in [1.807, 2.05) is 25.1 Å². The van der Waals surface area contributed by atoms with Crippen LogP contribution >= 0.6 is 11.6 Å². The number of rotatable bonds is 4. The third kappa shape index (κ3) is 3.44. The number of benzene rings is 1. The molecule has 2 N–H and O–H groups in total. The Kier molecular flexibility index (Phi) is 4.75. The molecular formula is C20H18ClN5O2. The number of fused-ring (bicyclic) bond motifs is 1. The maximum atomic E-state index is 11.5. The van der Waals surface area contributed by atoms with Crippen molar-refractivity contribution in [3.63, 3.8) is 0 Å². The fourth-order valence-corrected chi connectivity index (χ4v) is 3.30. The van der Waals surface area contributed by atoms with E-state index in [1.165, 1.54) is 7.11 Å². The SMILES string of the molecule is COC(=O)c1ccc(Nc2nccc(C3=C(C)NC4=CC(Cl)=CCN43)n2)cc1. The number of carbonyl (C=O) groups is 1. The molecule has 0 spiro atoms. The van der Waals surface area contributed by atoms with Crippen molar-refractivity contribution in [1.82, 2.24) is 20.2 Å². The highest BCUT2D eigenvalue weighted by molar-refractivity contribution is 6.31. The van der Waals surface area contributed by atoms with Crippen molar-refractivity contribution in [2.75, 3.05) is 19.0 Å². The molecule has 8 heteroatoms. The van der Waals surface area contributed by atoms with Gasteiger partial charge in [0.15, 0.2) is 0 Å². The van der Waals surface area contributed by atoms with Crippen molar-refractivity contribution in [3.8, 4) is 0 Å². The summed E-state index contributed by atoms with van der Waals surface area (Å²) in [5.74, 6) is 1.03. The van der Waals surface area contributed by atoms with Gasteiger partial charge in [-0.1, -0.05) is 11.6 Å². The molecule has 2 aliphatic rings. The minimum Gasteiger partial charge on any atom is -0.465 e. The molecule has 0 radical (unpaired) electrons. The Bertz CT molecular complexity index is 1030. The second kappa shape index (κ2) is 7.36. The lowest BCUT2D eigenvalue weighted by atomic mass is 10.2. The monoisotopic (exact) mass is 395 g/mol. The molecule has 7 nitrogen and oxygen atoms in total. The molecule has 2 aromatic rings. The summed E-state index contributed by atoms with van der Waals surface area (Å²) in [6, 6.07) is 8.80. The molecule has 2 aliphatic heterocycles. The molecule has 0 unspecified atom stereocenters. The maximum Gasteiger partial charge on any atom is 0.337 e. The molecule has 0 fully saturated rings. The quantitative estimate of drug-likeness (QED) is 0.766. The summed E-state index contributed by atoms with van der Waals surface area (Å²) in [4.78, 5) is 22.6. The first kappa shape index (κ1) is 18.1. The summed E-state index contributed by atoms with van der Waals surface area (Å²) in [5.41, 5.74) is 4.03. The predicted molar refractivity (Wildman–Crippen MR) is 108 cm³/mol. The normalized spacial score (nSPS) is 15.5. The molecule has 0 amide bonds. The first-order valence-electron chi connectivity index (χ1n) is 8.67. The van der Waals surface area contributed by atoms with E-state index in [-0.39, 0.29) is 5.97 Å². The first-order valence-corrected chi connectivity index (χ1v) is 9.04. The second-order valence-corrected chi connectivity index (χ2v) is 6.72. The number of nitrogens with one attached hydrogen (secondary N) is 2. The molecule has 28 heavy (non-hydrogen) atoms. The summed E-state index contributed by atoms with van der Waals surface area (Å²) in [6.45, 7) is 2.68. The topological polar surface area (TPSA) is 79.4 Å². The van der Waals surface area contributed by atoms with Gasteiger partial charge in [0.1, 0.15) is 5.82 Å². The van der Waals surface area contributed by atoms with E-state index in [1.54, 1.807) is 30.5 Å². The number of carbonyl (C=O) groups excluding carboxylic acids is 1. The molecule has 142 valence electrons. The molecule has 0 saturated heterocycles. The highest BCUT2D eigenvalue weighted by Crippen LogP contribution is 2.33. The van der Waals surface area contributed by atoms with Crippen molar-refractivity contribution >= 4 is 34.9 Å². The van der Waals surface area contributed by atoms with Crippen LogP contribution in [0.5, 0.6) is 0 Å². The number of anilines is 2. The number of hydrogen-bond donors (Lipinski definition) is 2. The molecule has 0 bridgehead atoms. The number of aromatic nitrogens is 2. The van der Waals surface area contributed by atoms with Crippen LogP contribution in [0, 0.1) is 0 Å². The Balaban J connectivity index is 1.56. The van der Waals surface area contributed by atoms with Gasteiger partial charge in [-0.25, -0.2) is 14.8 Å². The van der Waals surface area contributed by atoms with Crippen molar-refractivity contribution in [2.45, 2.75) is 6.92 Å². The van der Waals surface area contributed by atoms with E-state index in [2.05, 4.69) is 25.5 Å². The van der Waals surface area contributed by atoms with Crippen LogP contribution in [-0.4, -0.2) is 34.5 Å². The maximum absolute atomic E-state index is 11.5. The Labute approximate surface area is 167 Å². The molecule has 4 rings (SSSR count). The van der Waals surface area contributed by atoms with Crippen LogP contribution in [0.4, 0.5) is 11.6 Å². The fraction of sp³-hybridized carbons (Fsp3) is 0.150. The predicted octanol–water partition coefficient (Wildman–Crippen LogP) is 3.58. The number of methoxy groups -OCH3 is 1. The van der Waals surface area contributed by atoms with Gasteiger partial charge in [0.2, 0.25) is 5.95 Å². The molecular weight excluding hydrogens is 378 g/mol. The standard InChI is InChI=1S/C20H18ClN5O2/c1-12-18(26-10-8-14(21)11-17(26)23-12)16-7-9-22-20(25-16)24-15-5-3-13(4-6-15)19(27)28-2/h3-9,11,23H,10H2,1-2H3,(H,22,24,25). The van der Waals surface area contributed by atoms with Crippen molar-refractivity contribution in [3.05, 3.63) is 76.5 Å². The average Bonchev–Trinajstić information content (AvgIpc) is 3.03. The van der Waals surface area contributed by atoms with E-state index >= 15 is 0 Å². The number of esters is 1. The second-order valence-electron chi connectivity index (χ2n) is 6.29. The molecule has 1 aromatic heterocycles. The molecule has 0 atom stereocenters. The van der Waals surface area contributed by atoms with Crippen molar-refractivity contribution in [2.24, 2.45) is 0 Å². The van der Waals surface area contributed by atoms with Crippen LogP contribution in [0.2, 0.25) is 0 Å². The van der Waals surface area contributed by atoms with Gasteiger partial charge in [-0.2, -0.15) is 0 Å². The Hall–Kier alpha value is -3.32. The Morgan fingerprint density at radius 2 is 2.07 bits per heavy atom. The lowest BCUT2D eigenvalue weighted by molar-refractivity contribution is 0.0601. The van der Waals surface area contributed by atoms with Gasteiger partial charge in [-0.15, -0.1) is 0 Å². The zero-order valence-corrected chi connectivity index (χ0v) is 16.1. The summed E-state index contributed by atoms with van der Waals surface area (Å²) < 4.78 is 4.71. The van der Waals surface area contributed by atoms with Gasteiger partial charge in [-0.3, -0.25) is 0 Å². The van der Waals surface area contributed by atoms with Crippen molar-refractivity contribution in [1.29, 1.82) is 0 Å². The summed E-state index contributed by atoms with van der Waals surface area (Å²) in [6.07, 6.45) is 5.56. The summed E-state index contributed by atoms with van der Waals surface area (Å²) in [7, 11) is 1.36. The number of halogens is 1. The van der Waals surface area contributed by atoms with Gasteiger partial charge in [0, 0.05) is 29.2 Å². The molecule has 3 heterocycles. The van der Waals surface area contributed by atoms with Crippen LogP contribution in [0.25, 0.3) is 5.70 Å². The molecule has 0 aliphatic carbocycles. The van der Waals surface area contributed by atoms with Crippen LogP contribution in [0.1, 0.15) is 23.0 Å². The van der Waals surface area contributed by atoms with Gasteiger partial charge in [0.05, 0.1) is 24.1 Å². The Morgan fingerprint density at radius 3 is 2.82 bits per heavy atom. The minimum atomic E-state index is -0.375. The van der Waals surface area contributed by atoms with E-state index in [4.69, 9.17) is 16.3 Å². The van der Waals surface area contributed by atoms with E-state index < -0.39 is 0 Å². The van der Waals surface area contributed by atoms with E-state index in [0.717, 1.165) is 28.6 Å². The third-order valence-electron chi connectivity index (χ3n) is 4.44. The van der Waals surface area contributed by atoms with E-state index in [0.29, 0.717) is 23.1 Å². The van der Waals surface area contributed by atoms with Crippen LogP contribution < -0.4 is 10.6 Å². The average molecular weight is 396 g/mol. The van der Waals surface area contributed by atoms with Crippen molar-refractivity contribution < 1.29 is 9.53 Å². The number of nitrogens with zero attached hydrogens (tertiary/aromatic N) is 3. The lowest BCUT2D eigenvalue weighted by Gasteiger charge is -2.24. The third-order valence-corrected chi connectivity index (χ3v) is 4.70. The lowest BCUT2D eigenvalue weighted by Crippen LogP contribution is -2.24. The van der Waals surface area contributed by atoms with Crippen LogP contribution in [0.15, 0.2) is 65.2 Å². The van der Waals surface area contributed by atoms with Crippen LogP contribution in [0.3, 0.4) is 0 Å². The number of allylic oxidation sites excluding steroid dienone is 3. The highest BCUT2D eigenvalue weighted by atomic mass is 35.5. The summed E-state index contributed by atoms with van der Waals surface area (Å²) >= 11 is 6.12. The van der Waals surface area contributed by atoms with Gasteiger partial charge in [0.25, 0.3) is 0 Å². The molecule has 0 saturated carbocycles. The minimum absolute atomic E-state index is 0.375. The number of ether oxygens (including phenoxy) is 1. The fourth-order valence-electron chi connectivity index (χ4n) is 3.13. The van der Waals surface area contributed by atoms with E-state index in [9.17, 15) is 4.79 Å². The first-order chi connectivity index (χ1) is 13.5. The number of hydrogen-bond acceptors (Lipinski definition) is 7. The highest BCUT2D eigenvalue weighted by Gasteiger charge is 2.28. The smallest absolute Gasteiger partial charge is 0.337 e. The zero-order valence-electron chi connectivity index (χ0n) is 15.4. The van der Waals surface area contributed by atoms with Gasteiger partial charge < -0.3 is 20.3 Å². The molecule has 1 aromatic carbocycles. The van der Waals surface area contributed by atoms with Crippen LogP contribution in [-0.2, 0) is 4.74 Å². The summed E-state index contributed by atoms with van der Waals surface area (Å²) in [5, 5.41) is 7.22.